The van der Waals surface area contributed by atoms with Crippen molar-refractivity contribution >= 4 is 27.5 Å². The summed E-state index contributed by atoms with van der Waals surface area (Å²) < 4.78 is 34.4. The maximum Gasteiger partial charge on any atom is 0.270 e. The van der Waals surface area contributed by atoms with E-state index in [9.17, 15) is 18.5 Å². The number of ether oxygens (including phenoxy) is 1. The van der Waals surface area contributed by atoms with E-state index in [0.29, 0.717) is 15.7 Å². The van der Waals surface area contributed by atoms with Crippen molar-refractivity contribution in [2.45, 2.75) is 14.9 Å². The molecule has 2 aromatic carbocycles. The van der Waals surface area contributed by atoms with Crippen molar-refractivity contribution in [2.24, 2.45) is 0 Å². The first-order valence-electron chi connectivity index (χ1n) is 8.85. The van der Waals surface area contributed by atoms with Gasteiger partial charge in [0.1, 0.15) is 4.90 Å². The van der Waals surface area contributed by atoms with Crippen LogP contribution in [-0.2, 0) is 14.8 Å². The molecule has 0 unspecified atom stereocenters. The number of rotatable bonds is 6. The van der Waals surface area contributed by atoms with Crippen molar-refractivity contribution < 1.29 is 18.1 Å². The lowest BCUT2D eigenvalue weighted by Gasteiger charge is -2.26. The Hall–Kier alpha value is -2.87. The zero-order chi connectivity index (χ0) is 21.1. The molecule has 0 aliphatic carbocycles. The Labute approximate surface area is 175 Å². The number of nitro groups is 1. The van der Waals surface area contributed by atoms with Gasteiger partial charge in [0.15, 0.2) is 0 Å². The smallest absolute Gasteiger partial charge is 0.270 e. The molecule has 1 fully saturated rings. The highest BCUT2D eigenvalue weighted by atomic mass is 32.2. The zero-order valence-electron chi connectivity index (χ0n) is 15.5. The average molecular weight is 448 g/mol. The number of aromatic nitrogens is 4. The molecular formula is C17H16N6O5S2. The molecule has 0 amide bonds. The fourth-order valence-corrected chi connectivity index (χ4v) is 5.63. The van der Waals surface area contributed by atoms with Crippen LogP contribution in [0.5, 0.6) is 0 Å². The highest BCUT2D eigenvalue weighted by molar-refractivity contribution is 8.00. The molecule has 0 bridgehead atoms. The second-order valence-electron chi connectivity index (χ2n) is 6.22. The molecule has 1 aliphatic rings. The van der Waals surface area contributed by atoms with E-state index in [1.807, 2.05) is 30.3 Å². The maximum atomic E-state index is 13.2. The van der Waals surface area contributed by atoms with Gasteiger partial charge in [0, 0.05) is 30.1 Å². The predicted octanol–water partition coefficient (Wildman–Crippen LogP) is 1.74. The molecule has 11 nitrogen and oxygen atoms in total. The Morgan fingerprint density at radius 1 is 1.10 bits per heavy atom. The highest BCUT2D eigenvalue weighted by Gasteiger charge is 2.31. The maximum absolute atomic E-state index is 13.2. The van der Waals surface area contributed by atoms with Gasteiger partial charge in [-0.3, -0.25) is 10.1 Å². The summed E-state index contributed by atoms with van der Waals surface area (Å²) in [5.74, 6) is 0. The number of morpholine rings is 1. The molecule has 156 valence electrons. The number of hydrogen-bond acceptors (Lipinski definition) is 9. The molecule has 0 N–H and O–H groups in total. The molecule has 0 radical (unpaired) electrons. The minimum Gasteiger partial charge on any atom is -0.379 e. The third-order valence-electron chi connectivity index (χ3n) is 4.37. The fraction of sp³-hybridized carbons (Fsp3) is 0.235. The van der Waals surface area contributed by atoms with E-state index in [2.05, 4.69) is 15.5 Å². The standard InChI is InChI=1S/C17H16N6O5S2/c24-23(25)14-6-7-15(16(12-14)30(26,27)21-8-10-28-11-9-21)29-17-18-19-20-22(17)13-4-2-1-3-5-13/h1-7,12H,8-11H2. The zero-order valence-corrected chi connectivity index (χ0v) is 17.1. The van der Waals surface area contributed by atoms with Crippen LogP contribution in [0.25, 0.3) is 5.69 Å². The van der Waals surface area contributed by atoms with E-state index in [1.165, 1.54) is 21.1 Å². The van der Waals surface area contributed by atoms with Gasteiger partial charge in [0.05, 0.1) is 23.8 Å². The number of para-hydroxylation sites is 1. The quantitative estimate of drug-likeness (QED) is 0.408. The van der Waals surface area contributed by atoms with E-state index in [4.69, 9.17) is 4.74 Å². The second-order valence-corrected chi connectivity index (χ2v) is 9.13. The third-order valence-corrected chi connectivity index (χ3v) is 7.45. The molecular weight excluding hydrogens is 432 g/mol. The second kappa shape index (κ2) is 8.47. The molecule has 4 rings (SSSR count). The number of hydrogen-bond donors (Lipinski definition) is 0. The van der Waals surface area contributed by atoms with Crippen LogP contribution in [0.3, 0.4) is 0 Å². The van der Waals surface area contributed by atoms with Gasteiger partial charge in [-0.05, 0) is 40.4 Å². The van der Waals surface area contributed by atoms with Gasteiger partial charge in [-0.1, -0.05) is 18.2 Å². The molecule has 0 atom stereocenters. The summed E-state index contributed by atoms with van der Waals surface area (Å²) in [6.07, 6.45) is 0. The van der Waals surface area contributed by atoms with Crippen LogP contribution in [0.2, 0.25) is 0 Å². The molecule has 1 aliphatic heterocycles. The van der Waals surface area contributed by atoms with Gasteiger partial charge in [-0.25, -0.2) is 8.42 Å². The lowest BCUT2D eigenvalue weighted by Crippen LogP contribution is -2.40. The van der Waals surface area contributed by atoms with Gasteiger partial charge in [0.25, 0.3) is 5.69 Å². The lowest BCUT2D eigenvalue weighted by atomic mass is 10.3. The van der Waals surface area contributed by atoms with Crippen molar-refractivity contribution in [3.63, 3.8) is 0 Å². The highest BCUT2D eigenvalue weighted by Crippen LogP contribution is 2.36. The molecule has 30 heavy (non-hydrogen) atoms. The first-order chi connectivity index (χ1) is 14.5. The van der Waals surface area contributed by atoms with Gasteiger partial charge in [-0.15, -0.1) is 5.10 Å². The van der Waals surface area contributed by atoms with E-state index in [1.54, 1.807) is 0 Å². The van der Waals surface area contributed by atoms with E-state index < -0.39 is 14.9 Å². The number of non-ortho nitro benzene ring substituents is 1. The molecule has 3 aromatic rings. The van der Waals surface area contributed by atoms with Gasteiger partial charge in [-0.2, -0.15) is 8.99 Å². The van der Waals surface area contributed by atoms with Crippen molar-refractivity contribution in [2.75, 3.05) is 26.3 Å². The van der Waals surface area contributed by atoms with Crippen molar-refractivity contribution in [3.05, 3.63) is 58.6 Å². The summed E-state index contributed by atoms with van der Waals surface area (Å²) in [4.78, 5) is 10.8. The minimum absolute atomic E-state index is 0.161. The summed E-state index contributed by atoms with van der Waals surface area (Å²) in [6, 6.07) is 12.9. The summed E-state index contributed by atoms with van der Waals surface area (Å²) in [7, 11) is -3.98. The summed E-state index contributed by atoms with van der Waals surface area (Å²) in [5, 5.41) is 23.2. The van der Waals surface area contributed by atoms with E-state index in [0.717, 1.165) is 17.8 Å². The molecule has 1 saturated heterocycles. The predicted molar refractivity (Wildman–Crippen MR) is 106 cm³/mol. The van der Waals surface area contributed by atoms with E-state index >= 15 is 0 Å². The number of sulfonamides is 1. The topological polar surface area (TPSA) is 133 Å². The largest absolute Gasteiger partial charge is 0.379 e. The normalized spacial score (nSPS) is 15.2. The van der Waals surface area contributed by atoms with Crippen LogP contribution in [-0.4, -0.2) is 64.2 Å². The minimum atomic E-state index is -3.98. The van der Waals surface area contributed by atoms with Crippen LogP contribution >= 0.6 is 11.8 Å². The number of benzene rings is 2. The van der Waals surface area contributed by atoms with Crippen LogP contribution < -0.4 is 0 Å². The van der Waals surface area contributed by atoms with Crippen molar-refractivity contribution in [3.8, 4) is 5.69 Å². The first kappa shape index (κ1) is 20.4. The molecule has 13 heteroatoms. The molecule has 0 spiro atoms. The van der Waals surface area contributed by atoms with Gasteiger partial charge >= 0.3 is 0 Å². The van der Waals surface area contributed by atoms with Crippen LogP contribution in [0, 0.1) is 10.1 Å². The van der Waals surface area contributed by atoms with Gasteiger partial charge in [0.2, 0.25) is 15.2 Å². The number of tetrazole rings is 1. The van der Waals surface area contributed by atoms with Crippen LogP contribution in [0.4, 0.5) is 5.69 Å². The summed E-state index contributed by atoms with van der Waals surface area (Å²) >= 11 is 1.02. The van der Waals surface area contributed by atoms with Gasteiger partial charge < -0.3 is 4.74 Å². The molecule has 2 heterocycles. The van der Waals surface area contributed by atoms with Crippen LogP contribution in [0.1, 0.15) is 0 Å². The third kappa shape index (κ3) is 4.05. The lowest BCUT2D eigenvalue weighted by molar-refractivity contribution is -0.385. The summed E-state index contributed by atoms with van der Waals surface area (Å²) in [5.41, 5.74) is 0.387. The SMILES string of the molecule is O=[N+]([O-])c1ccc(Sc2nnnn2-c2ccccc2)c(S(=O)(=O)N2CCOCC2)c1. The Kier molecular flexibility index (Phi) is 5.76. The molecule has 1 aromatic heterocycles. The number of nitrogens with zero attached hydrogens (tertiary/aromatic N) is 6. The van der Waals surface area contributed by atoms with Crippen molar-refractivity contribution in [1.82, 2.24) is 24.5 Å². The summed E-state index contributed by atoms with van der Waals surface area (Å²) in [6.45, 7) is 0.888. The Morgan fingerprint density at radius 2 is 1.83 bits per heavy atom. The van der Waals surface area contributed by atoms with Crippen LogP contribution in [0.15, 0.2) is 63.5 Å². The Balaban J connectivity index is 1.76. The first-order valence-corrected chi connectivity index (χ1v) is 11.1. The Morgan fingerprint density at radius 3 is 2.53 bits per heavy atom. The number of nitro benzene ring substituents is 1. The monoisotopic (exact) mass is 448 g/mol. The average Bonchev–Trinajstić information content (AvgIpc) is 3.23. The van der Waals surface area contributed by atoms with Crippen molar-refractivity contribution in [1.29, 1.82) is 0 Å². The van der Waals surface area contributed by atoms with E-state index in [-0.39, 0.29) is 36.9 Å². The Bertz CT molecular complexity index is 1160. The molecule has 0 saturated carbocycles. The fourth-order valence-electron chi connectivity index (χ4n) is 2.89.